The SMILES string of the molecule is CCCc1cnnc(C(=O)Nc2ccc(OC)cc2)c1C. The van der Waals surface area contributed by atoms with Gasteiger partial charge >= 0.3 is 0 Å². The van der Waals surface area contributed by atoms with Crippen LogP contribution < -0.4 is 10.1 Å². The molecule has 0 saturated heterocycles. The molecule has 0 aliphatic carbocycles. The van der Waals surface area contributed by atoms with Gasteiger partial charge in [-0.05, 0) is 48.7 Å². The fraction of sp³-hybridized carbons (Fsp3) is 0.312. The Labute approximate surface area is 124 Å². The van der Waals surface area contributed by atoms with Crippen molar-refractivity contribution in [2.45, 2.75) is 26.7 Å². The van der Waals surface area contributed by atoms with Crippen LogP contribution in [-0.2, 0) is 6.42 Å². The number of amides is 1. The summed E-state index contributed by atoms with van der Waals surface area (Å²) in [5.41, 5.74) is 3.02. The molecule has 0 fully saturated rings. The lowest BCUT2D eigenvalue weighted by atomic mass is 10.1. The molecule has 0 saturated carbocycles. The molecule has 0 atom stereocenters. The number of hydrogen-bond acceptors (Lipinski definition) is 4. The maximum absolute atomic E-state index is 12.3. The van der Waals surface area contributed by atoms with Crippen LogP contribution in [-0.4, -0.2) is 23.2 Å². The van der Waals surface area contributed by atoms with Crippen molar-refractivity contribution in [1.82, 2.24) is 10.2 Å². The predicted octanol–water partition coefficient (Wildman–Crippen LogP) is 3.00. The van der Waals surface area contributed by atoms with Gasteiger partial charge in [-0.1, -0.05) is 13.3 Å². The van der Waals surface area contributed by atoms with Gasteiger partial charge in [0.25, 0.3) is 5.91 Å². The smallest absolute Gasteiger partial charge is 0.276 e. The topological polar surface area (TPSA) is 64.1 Å². The van der Waals surface area contributed by atoms with Crippen LogP contribution in [0.4, 0.5) is 5.69 Å². The molecule has 0 bridgehead atoms. The quantitative estimate of drug-likeness (QED) is 0.917. The van der Waals surface area contributed by atoms with Gasteiger partial charge in [-0.25, -0.2) is 0 Å². The first kappa shape index (κ1) is 15.0. The van der Waals surface area contributed by atoms with Gasteiger partial charge in [0.15, 0.2) is 5.69 Å². The Hall–Kier alpha value is -2.43. The van der Waals surface area contributed by atoms with Crippen molar-refractivity contribution in [3.05, 3.63) is 47.3 Å². The van der Waals surface area contributed by atoms with Gasteiger partial charge < -0.3 is 10.1 Å². The maximum Gasteiger partial charge on any atom is 0.276 e. The zero-order valence-corrected chi connectivity index (χ0v) is 12.5. The van der Waals surface area contributed by atoms with E-state index >= 15 is 0 Å². The molecular weight excluding hydrogens is 266 g/mol. The summed E-state index contributed by atoms with van der Waals surface area (Å²) in [6.07, 6.45) is 3.62. The van der Waals surface area contributed by atoms with Gasteiger partial charge in [0, 0.05) is 5.69 Å². The van der Waals surface area contributed by atoms with Crippen LogP contribution in [0.3, 0.4) is 0 Å². The molecule has 0 aliphatic rings. The number of hydrogen-bond donors (Lipinski definition) is 1. The van der Waals surface area contributed by atoms with E-state index in [1.807, 2.05) is 6.92 Å². The molecule has 2 aromatic rings. The molecular formula is C16H19N3O2. The van der Waals surface area contributed by atoms with Crippen LogP contribution >= 0.6 is 0 Å². The van der Waals surface area contributed by atoms with Crippen molar-refractivity contribution in [3.8, 4) is 5.75 Å². The third kappa shape index (κ3) is 3.56. The van der Waals surface area contributed by atoms with Gasteiger partial charge in [0.2, 0.25) is 0 Å². The summed E-state index contributed by atoms with van der Waals surface area (Å²) >= 11 is 0. The minimum absolute atomic E-state index is 0.247. The molecule has 2 rings (SSSR count). The highest BCUT2D eigenvalue weighted by Crippen LogP contribution is 2.17. The number of ether oxygens (including phenoxy) is 1. The van der Waals surface area contributed by atoms with E-state index in [0.29, 0.717) is 11.4 Å². The van der Waals surface area contributed by atoms with E-state index < -0.39 is 0 Å². The van der Waals surface area contributed by atoms with Crippen LogP contribution in [0.15, 0.2) is 30.5 Å². The molecule has 0 unspecified atom stereocenters. The molecule has 1 aromatic carbocycles. The Morgan fingerprint density at radius 1 is 1.29 bits per heavy atom. The van der Waals surface area contributed by atoms with Crippen LogP contribution in [0.25, 0.3) is 0 Å². The molecule has 5 nitrogen and oxygen atoms in total. The van der Waals surface area contributed by atoms with Crippen LogP contribution in [0.2, 0.25) is 0 Å². The highest BCUT2D eigenvalue weighted by atomic mass is 16.5. The minimum atomic E-state index is -0.247. The maximum atomic E-state index is 12.3. The number of carbonyl (C=O) groups is 1. The van der Waals surface area contributed by atoms with Crippen LogP contribution in [0.5, 0.6) is 5.75 Å². The van der Waals surface area contributed by atoms with Crippen molar-refractivity contribution in [2.75, 3.05) is 12.4 Å². The van der Waals surface area contributed by atoms with Crippen molar-refractivity contribution in [3.63, 3.8) is 0 Å². The van der Waals surface area contributed by atoms with Crippen LogP contribution in [0, 0.1) is 6.92 Å². The van der Waals surface area contributed by atoms with Crippen molar-refractivity contribution in [2.24, 2.45) is 0 Å². The summed E-state index contributed by atoms with van der Waals surface area (Å²) in [5.74, 6) is 0.497. The number of nitrogens with one attached hydrogen (secondary N) is 1. The van der Waals surface area contributed by atoms with E-state index in [0.717, 1.165) is 29.7 Å². The van der Waals surface area contributed by atoms with E-state index in [2.05, 4.69) is 22.4 Å². The number of nitrogens with zero attached hydrogens (tertiary/aromatic N) is 2. The second-order valence-electron chi connectivity index (χ2n) is 4.78. The third-order valence-corrected chi connectivity index (χ3v) is 3.29. The fourth-order valence-corrected chi connectivity index (χ4v) is 2.08. The first-order valence-corrected chi connectivity index (χ1v) is 6.92. The second kappa shape index (κ2) is 6.83. The summed E-state index contributed by atoms with van der Waals surface area (Å²) in [5, 5.41) is 10.7. The monoisotopic (exact) mass is 285 g/mol. The molecule has 5 heteroatoms. The second-order valence-corrected chi connectivity index (χ2v) is 4.78. The molecule has 0 spiro atoms. The van der Waals surface area contributed by atoms with Gasteiger partial charge in [-0.3, -0.25) is 4.79 Å². The minimum Gasteiger partial charge on any atom is -0.497 e. The Morgan fingerprint density at radius 3 is 2.62 bits per heavy atom. The summed E-state index contributed by atoms with van der Waals surface area (Å²) < 4.78 is 5.09. The zero-order valence-electron chi connectivity index (χ0n) is 12.5. The average molecular weight is 285 g/mol. The molecule has 1 amide bonds. The van der Waals surface area contributed by atoms with E-state index in [4.69, 9.17) is 4.74 Å². The van der Waals surface area contributed by atoms with E-state index in [9.17, 15) is 4.79 Å². The van der Waals surface area contributed by atoms with E-state index in [1.165, 1.54) is 0 Å². The predicted molar refractivity (Wildman–Crippen MR) is 81.7 cm³/mol. The molecule has 1 N–H and O–H groups in total. The lowest BCUT2D eigenvalue weighted by molar-refractivity contribution is 0.102. The number of methoxy groups -OCH3 is 1. The largest absolute Gasteiger partial charge is 0.497 e. The lowest BCUT2D eigenvalue weighted by Gasteiger charge is -2.09. The van der Waals surface area contributed by atoms with Crippen molar-refractivity contribution < 1.29 is 9.53 Å². The summed E-state index contributed by atoms with van der Waals surface area (Å²) in [6.45, 7) is 4.00. The number of anilines is 1. The Balaban J connectivity index is 2.17. The van der Waals surface area contributed by atoms with Gasteiger partial charge in [0.1, 0.15) is 5.75 Å². The Bertz CT molecular complexity index is 624. The highest BCUT2D eigenvalue weighted by Gasteiger charge is 2.14. The first-order chi connectivity index (χ1) is 10.2. The standard InChI is InChI=1S/C16H19N3O2/c1-4-5-12-10-17-19-15(11(12)2)16(20)18-13-6-8-14(21-3)9-7-13/h6-10H,4-5H2,1-3H3,(H,18,20). The third-order valence-electron chi connectivity index (χ3n) is 3.29. The van der Waals surface area contributed by atoms with Crippen molar-refractivity contribution >= 4 is 11.6 Å². The van der Waals surface area contributed by atoms with Crippen LogP contribution in [0.1, 0.15) is 35.0 Å². The number of aryl methyl sites for hydroxylation is 1. The summed E-state index contributed by atoms with van der Waals surface area (Å²) in [7, 11) is 1.60. The zero-order chi connectivity index (χ0) is 15.2. The first-order valence-electron chi connectivity index (χ1n) is 6.92. The molecule has 1 heterocycles. The number of benzene rings is 1. The number of rotatable bonds is 5. The van der Waals surface area contributed by atoms with Crippen molar-refractivity contribution in [1.29, 1.82) is 0 Å². The normalized spacial score (nSPS) is 10.2. The number of aromatic nitrogens is 2. The van der Waals surface area contributed by atoms with E-state index in [1.54, 1.807) is 37.6 Å². The van der Waals surface area contributed by atoms with E-state index in [-0.39, 0.29) is 5.91 Å². The Kier molecular flexibility index (Phi) is 4.87. The highest BCUT2D eigenvalue weighted by molar-refractivity contribution is 6.03. The average Bonchev–Trinajstić information content (AvgIpc) is 2.50. The summed E-state index contributed by atoms with van der Waals surface area (Å²) in [4.78, 5) is 12.3. The van der Waals surface area contributed by atoms with Gasteiger partial charge in [-0.2, -0.15) is 5.10 Å². The van der Waals surface area contributed by atoms with Gasteiger partial charge in [0.05, 0.1) is 13.3 Å². The van der Waals surface area contributed by atoms with Gasteiger partial charge in [-0.15, -0.1) is 5.10 Å². The molecule has 0 radical (unpaired) electrons. The molecule has 1 aromatic heterocycles. The fourth-order valence-electron chi connectivity index (χ4n) is 2.08. The summed E-state index contributed by atoms with van der Waals surface area (Å²) in [6, 6.07) is 7.16. The Morgan fingerprint density at radius 2 is 2.00 bits per heavy atom. The molecule has 21 heavy (non-hydrogen) atoms. The lowest BCUT2D eigenvalue weighted by Crippen LogP contribution is -2.17. The molecule has 110 valence electrons. The number of carbonyl (C=O) groups excluding carboxylic acids is 1. The molecule has 0 aliphatic heterocycles.